The van der Waals surface area contributed by atoms with Crippen LogP contribution in [0.4, 0.5) is 0 Å². The van der Waals surface area contributed by atoms with E-state index in [1.165, 1.54) is 0 Å². The highest BCUT2D eigenvalue weighted by atomic mass is 32.2. The molecule has 3 aliphatic rings. The summed E-state index contributed by atoms with van der Waals surface area (Å²) in [4.78, 5) is 12.0. The molecule has 5 heteroatoms. The third-order valence-electron chi connectivity index (χ3n) is 4.21. The van der Waals surface area contributed by atoms with Crippen molar-refractivity contribution in [3.05, 3.63) is 0 Å². The number of carbonyl (C=O) groups is 1. The molecule has 1 N–H and O–H groups in total. The molecule has 1 atom stereocenters. The Kier molecular flexibility index (Phi) is 3.82. The van der Waals surface area contributed by atoms with Gasteiger partial charge in [0, 0.05) is 30.6 Å². The predicted octanol–water partition coefficient (Wildman–Crippen LogP) is 1.54. The minimum Gasteiger partial charge on any atom is -0.353 e. The fourth-order valence-corrected chi connectivity index (χ4v) is 4.27. The number of ether oxygens (including phenoxy) is 2. The molecule has 1 unspecified atom stereocenters. The summed E-state index contributed by atoms with van der Waals surface area (Å²) < 4.78 is 11.4. The number of hydrogen-bond acceptors (Lipinski definition) is 4. The van der Waals surface area contributed by atoms with E-state index in [2.05, 4.69) is 5.32 Å². The fraction of sp³-hybridized carbons (Fsp3) is 0.923. The fourth-order valence-electron chi connectivity index (χ4n) is 3.05. The predicted molar refractivity (Wildman–Crippen MR) is 70.5 cm³/mol. The first-order valence-corrected chi connectivity index (χ1v) is 8.09. The van der Waals surface area contributed by atoms with Crippen LogP contribution in [0, 0.1) is 5.92 Å². The summed E-state index contributed by atoms with van der Waals surface area (Å²) in [7, 11) is 0. The second-order valence-corrected chi connectivity index (χ2v) is 6.60. The van der Waals surface area contributed by atoms with E-state index in [4.69, 9.17) is 9.47 Å². The van der Waals surface area contributed by atoms with Crippen LogP contribution in [0.15, 0.2) is 0 Å². The lowest BCUT2D eigenvalue weighted by atomic mass is 9.89. The van der Waals surface area contributed by atoms with Crippen molar-refractivity contribution in [3.63, 3.8) is 0 Å². The smallest absolute Gasteiger partial charge is 0.224 e. The van der Waals surface area contributed by atoms with Gasteiger partial charge in [0.15, 0.2) is 5.79 Å². The second-order valence-electron chi connectivity index (χ2n) is 5.45. The quantitative estimate of drug-likeness (QED) is 0.827. The van der Waals surface area contributed by atoms with Crippen LogP contribution < -0.4 is 5.32 Å². The van der Waals surface area contributed by atoms with Crippen LogP contribution in [0.25, 0.3) is 0 Å². The Hall–Kier alpha value is -0.260. The highest BCUT2D eigenvalue weighted by Gasteiger charge is 2.40. The zero-order valence-electron chi connectivity index (χ0n) is 10.7. The largest absolute Gasteiger partial charge is 0.353 e. The molecule has 102 valence electrons. The van der Waals surface area contributed by atoms with Crippen molar-refractivity contribution >= 4 is 17.7 Å². The maximum Gasteiger partial charge on any atom is 0.224 e. The summed E-state index contributed by atoms with van der Waals surface area (Å²) >= 11 is 1.89. The SMILES string of the molecule is O=C(NC1CCC2(CC1)OCCO2)C1CCSC1. The Morgan fingerprint density at radius 1 is 1.17 bits per heavy atom. The van der Waals surface area contributed by atoms with Gasteiger partial charge in [0.1, 0.15) is 0 Å². The minimum absolute atomic E-state index is 0.241. The number of thioether (sulfide) groups is 1. The van der Waals surface area contributed by atoms with E-state index >= 15 is 0 Å². The van der Waals surface area contributed by atoms with Crippen molar-refractivity contribution in [2.45, 2.75) is 43.9 Å². The van der Waals surface area contributed by atoms with Crippen molar-refractivity contribution in [3.8, 4) is 0 Å². The number of rotatable bonds is 2. The molecule has 4 nitrogen and oxygen atoms in total. The third-order valence-corrected chi connectivity index (χ3v) is 5.37. The molecule has 3 fully saturated rings. The van der Waals surface area contributed by atoms with Crippen molar-refractivity contribution in [1.29, 1.82) is 0 Å². The Morgan fingerprint density at radius 3 is 2.50 bits per heavy atom. The summed E-state index contributed by atoms with van der Waals surface area (Å²) in [6.07, 6.45) is 4.82. The summed E-state index contributed by atoms with van der Waals surface area (Å²) in [6, 6.07) is 0.321. The monoisotopic (exact) mass is 271 g/mol. The van der Waals surface area contributed by atoms with Crippen LogP contribution in [0.1, 0.15) is 32.1 Å². The molecular weight excluding hydrogens is 250 g/mol. The zero-order chi connectivity index (χ0) is 12.4. The Bertz CT molecular complexity index is 301. The van der Waals surface area contributed by atoms with Crippen LogP contribution in [-0.2, 0) is 14.3 Å². The lowest BCUT2D eigenvalue weighted by molar-refractivity contribution is -0.180. The average Bonchev–Trinajstić information content (AvgIpc) is 3.04. The molecule has 2 saturated heterocycles. The van der Waals surface area contributed by atoms with Gasteiger partial charge in [0.05, 0.1) is 13.2 Å². The van der Waals surface area contributed by atoms with E-state index in [9.17, 15) is 4.79 Å². The third kappa shape index (κ3) is 2.68. The molecule has 0 aromatic rings. The van der Waals surface area contributed by atoms with Gasteiger partial charge in [-0.2, -0.15) is 11.8 Å². The summed E-state index contributed by atoms with van der Waals surface area (Å²) in [5.41, 5.74) is 0. The van der Waals surface area contributed by atoms with Gasteiger partial charge < -0.3 is 14.8 Å². The maximum absolute atomic E-state index is 12.0. The summed E-state index contributed by atoms with van der Waals surface area (Å²) in [6.45, 7) is 1.44. The van der Waals surface area contributed by atoms with Gasteiger partial charge in [0.25, 0.3) is 0 Å². The minimum atomic E-state index is -0.315. The molecule has 0 radical (unpaired) electrons. The average molecular weight is 271 g/mol. The lowest BCUT2D eigenvalue weighted by Gasteiger charge is -2.35. The topological polar surface area (TPSA) is 47.6 Å². The number of hydrogen-bond donors (Lipinski definition) is 1. The van der Waals surface area contributed by atoms with E-state index < -0.39 is 0 Å². The first kappa shape index (κ1) is 12.8. The Labute approximate surface area is 112 Å². The molecule has 2 heterocycles. The molecule has 3 rings (SSSR count). The van der Waals surface area contributed by atoms with E-state index in [-0.39, 0.29) is 17.6 Å². The number of carbonyl (C=O) groups excluding carboxylic acids is 1. The molecule has 0 bridgehead atoms. The standard InChI is InChI=1S/C13H21NO3S/c15-12(10-3-8-18-9-10)14-11-1-4-13(5-2-11)16-6-7-17-13/h10-11H,1-9H2,(H,14,15). The summed E-state index contributed by atoms with van der Waals surface area (Å²) in [5, 5.41) is 3.20. The van der Waals surface area contributed by atoms with Crippen molar-refractivity contribution in [1.82, 2.24) is 5.32 Å². The Balaban J connectivity index is 1.46. The molecule has 1 aliphatic carbocycles. The molecule has 2 aliphatic heterocycles. The normalized spacial score (nSPS) is 31.9. The van der Waals surface area contributed by atoms with Gasteiger partial charge in [-0.3, -0.25) is 4.79 Å². The first-order valence-electron chi connectivity index (χ1n) is 6.93. The van der Waals surface area contributed by atoms with Crippen molar-refractivity contribution in [2.75, 3.05) is 24.7 Å². The molecule has 1 amide bonds. The van der Waals surface area contributed by atoms with E-state index in [1.807, 2.05) is 11.8 Å². The maximum atomic E-state index is 12.0. The number of nitrogens with one attached hydrogen (secondary N) is 1. The van der Waals surface area contributed by atoms with Crippen LogP contribution in [0.3, 0.4) is 0 Å². The second kappa shape index (κ2) is 5.39. The van der Waals surface area contributed by atoms with Crippen molar-refractivity contribution in [2.24, 2.45) is 5.92 Å². The van der Waals surface area contributed by atoms with Gasteiger partial charge in [-0.25, -0.2) is 0 Å². The van der Waals surface area contributed by atoms with Crippen LogP contribution in [-0.4, -0.2) is 42.5 Å². The van der Waals surface area contributed by atoms with E-state index in [1.54, 1.807) is 0 Å². The van der Waals surface area contributed by atoms with Crippen LogP contribution >= 0.6 is 11.8 Å². The van der Waals surface area contributed by atoms with Gasteiger partial charge in [-0.1, -0.05) is 0 Å². The van der Waals surface area contributed by atoms with Gasteiger partial charge >= 0.3 is 0 Å². The zero-order valence-corrected chi connectivity index (χ0v) is 11.5. The van der Waals surface area contributed by atoms with Gasteiger partial charge in [-0.05, 0) is 25.0 Å². The van der Waals surface area contributed by atoms with Gasteiger partial charge in [0.2, 0.25) is 5.91 Å². The highest BCUT2D eigenvalue weighted by molar-refractivity contribution is 7.99. The molecule has 1 saturated carbocycles. The molecule has 1 spiro atoms. The molecular formula is C13H21NO3S. The van der Waals surface area contributed by atoms with E-state index in [0.29, 0.717) is 6.04 Å². The Morgan fingerprint density at radius 2 is 1.89 bits per heavy atom. The van der Waals surface area contributed by atoms with Crippen LogP contribution in [0.5, 0.6) is 0 Å². The highest BCUT2D eigenvalue weighted by Crippen LogP contribution is 2.36. The molecule has 0 aromatic carbocycles. The molecule has 18 heavy (non-hydrogen) atoms. The number of amides is 1. The van der Waals surface area contributed by atoms with E-state index in [0.717, 1.165) is 56.8 Å². The van der Waals surface area contributed by atoms with Crippen molar-refractivity contribution < 1.29 is 14.3 Å². The first-order chi connectivity index (χ1) is 8.77. The van der Waals surface area contributed by atoms with Crippen LogP contribution in [0.2, 0.25) is 0 Å². The lowest BCUT2D eigenvalue weighted by Crippen LogP contribution is -2.45. The summed E-state index contributed by atoms with van der Waals surface area (Å²) in [5.74, 6) is 2.31. The molecule has 0 aromatic heterocycles. The van der Waals surface area contributed by atoms with Gasteiger partial charge in [-0.15, -0.1) is 0 Å².